The van der Waals surface area contributed by atoms with Crippen molar-refractivity contribution in [2.24, 2.45) is 0 Å². The van der Waals surface area contributed by atoms with Crippen LogP contribution in [0.5, 0.6) is 5.88 Å². The molecular weight excluding hydrogens is 642 g/mol. The molecule has 0 spiro atoms. The van der Waals surface area contributed by atoms with E-state index in [9.17, 15) is 23.2 Å². The molecule has 2 aromatic carbocycles. The lowest BCUT2D eigenvalue weighted by Crippen LogP contribution is -2.46. The number of fused-ring (bicyclic) bond motifs is 3. The Morgan fingerprint density at radius 3 is 2.67 bits per heavy atom. The summed E-state index contributed by atoms with van der Waals surface area (Å²) < 4.78 is 71.9. The van der Waals surface area contributed by atoms with Gasteiger partial charge >= 0.3 is 6.18 Å². The highest BCUT2D eigenvalue weighted by Gasteiger charge is 2.36. The SMILES string of the molecule is COC/C=C/C(=O)N1CC[C@H](n2nnc3c(OC[C@@H]4CCCN4C)nc4c(F)c(-c5ccccc5C(F)(F)F)c(C)cc4c32)C[C@H]1CC#N. The molecule has 2 saturated heterocycles. The number of piperidine rings is 1. The molecule has 4 aromatic rings. The number of alkyl halides is 3. The van der Waals surface area contributed by atoms with Crippen LogP contribution in [0.15, 0.2) is 42.5 Å². The van der Waals surface area contributed by atoms with E-state index < -0.39 is 23.6 Å². The van der Waals surface area contributed by atoms with Crippen LogP contribution < -0.4 is 4.74 Å². The van der Waals surface area contributed by atoms with Crippen LogP contribution in [-0.4, -0.2) is 88.2 Å². The second-order valence-electron chi connectivity index (χ2n) is 12.6. The molecular formula is C35H37F4N7O3. The van der Waals surface area contributed by atoms with Gasteiger partial charge in [0.1, 0.15) is 17.6 Å². The first-order valence-electron chi connectivity index (χ1n) is 16.2. The number of carbonyl (C=O) groups excluding carboxylic acids is 1. The van der Waals surface area contributed by atoms with E-state index in [0.717, 1.165) is 25.5 Å². The molecule has 3 atom stereocenters. The maximum Gasteiger partial charge on any atom is 0.417 e. The molecule has 2 aliphatic heterocycles. The number of rotatable bonds is 9. The fourth-order valence-electron chi connectivity index (χ4n) is 7.08. The Bertz CT molecular complexity index is 1940. The van der Waals surface area contributed by atoms with Crippen molar-refractivity contribution in [2.45, 2.75) is 63.3 Å². The van der Waals surface area contributed by atoms with Crippen LogP contribution in [0.25, 0.3) is 33.1 Å². The lowest BCUT2D eigenvalue weighted by molar-refractivity contribution is -0.137. The smallest absolute Gasteiger partial charge is 0.417 e. The molecule has 4 heterocycles. The van der Waals surface area contributed by atoms with Gasteiger partial charge in [-0.3, -0.25) is 4.79 Å². The van der Waals surface area contributed by atoms with Gasteiger partial charge in [0.15, 0.2) is 11.3 Å². The summed E-state index contributed by atoms with van der Waals surface area (Å²) in [5, 5.41) is 18.9. The zero-order chi connectivity index (χ0) is 34.9. The first-order valence-corrected chi connectivity index (χ1v) is 16.2. The number of hydrogen-bond donors (Lipinski definition) is 0. The molecule has 10 nitrogen and oxygen atoms in total. The number of aromatic nitrogens is 4. The number of likely N-dealkylation sites (tertiary alicyclic amines) is 2. The third-order valence-electron chi connectivity index (χ3n) is 9.56. The van der Waals surface area contributed by atoms with Crippen molar-refractivity contribution < 1.29 is 31.8 Å². The summed E-state index contributed by atoms with van der Waals surface area (Å²) in [7, 11) is 3.52. The Kier molecular flexibility index (Phi) is 9.85. The van der Waals surface area contributed by atoms with Crippen LogP contribution in [0.1, 0.15) is 49.3 Å². The van der Waals surface area contributed by atoms with Crippen molar-refractivity contribution in [1.82, 2.24) is 29.8 Å². The van der Waals surface area contributed by atoms with Crippen LogP contribution in [0, 0.1) is 24.1 Å². The van der Waals surface area contributed by atoms with Crippen LogP contribution in [0.2, 0.25) is 0 Å². The molecule has 49 heavy (non-hydrogen) atoms. The molecule has 1 amide bonds. The molecule has 258 valence electrons. The number of halogens is 4. The molecule has 0 bridgehead atoms. The molecule has 14 heteroatoms. The van der Waals surface area contributed by atoms with Crippen LogP contribution >= 0.6 is 0 Å². The molecule has 0 saturated carbocycles. The lowest BCUT2D eigenvalue weighted by atomic mass is 9.92. The van der Waals surface area contributed by atoms with Gasteiger partial charge in [-0.25, -0.2) is 14.1 Å². The van der Waals surface area contributed by atoms with Gasteiger partial charge in [0.05, 0.1) is 30.7 Å². The number of hydrogen-bond acceptors (Lipinski definition) is 8. The van der Waals surface area contributed by atoms with E-state index in [2.05, 4.69) is 26.3 Å². The van der Waals surface area contributed by atoms with Crippen LogP contribution in [0.3, 0.4) is 0 Å². The minimum absolute atomic E-state index is 0.0383. The van der Waals surface area contributed by atoms with Crippen molar-refractivity contribution in [2.75, 3.05) is 40.5 Å². The van der Waals surface area contributed by atoms with E-state index in [-0.39, 0.29) is 65.7 Å². The van der Waals surface area contributed by atoms with E-state index in [0.29, 0.717) is 35.8 Å². The Hall–Kier alpha value is -4.61. The Labute approximate surface area is 280 Å². The molecule has 2 aliphatic rings. The summed E-state index contributed by atoms with van der Waals surface area (Å²) >= 11 is 0. The number of methoxy groups -OCH3 is 1. The number of amides is 1. The Morgan fingerprint density at radius 1 is 1.16 bits per heavy atom. The van der Waals surface area contributed by atoms with Crippen molar-refractivity contribution in [3.63, 3.8) is 0 Å². The zero-order valence-corrected chi connectivity index (χ0v) is 27.5. The first-order chi connectivity index (χ1) is 23.5. The monoisotopic (exact) mass is 679 g/mol. The third-order valence-corrected chi connectivity index (χ3v) is 9.56. The van der Waals surface area contributed by atoms with Crippen molar-refractivity contribution in [3.8, 4) is 23.1 Å². The van der Waals surface area contributed by atoms with Gasteiger partial charge in [0.25, 0.3) is 0 Å². The van der Waals surface area contributed by atoms with Crippen LogP contribution in [0.4, 0.5) is 17.6 Å². The average Bonchev–Trinajstić information content (AvgIpc) is 3.70. The topological polar surface area (TPSA) is 109 Å². The summed E-state index contributed by atoms with van der Waals surface area (Å²) in [6.45, 7) is 3.34. The number of benzene rings is 2. The zero-order valence-electron chi connectivity index (χ0n) is 27.5. The standard InChI is InChI=1S/C35H37F4N7O3/c1-21-18-26-31(30(36)29(21)25-9-4-5-10-27(25)35(37,38)39)41-34(49-20-24-8-6-15-44(24)2)32-33(26)46(43-42-32)23-13-16-45(22(19-23)12-14-40)28(47)11-7-17-48-3/h4-5,7,9-11,18,22-24H,6,8,12-13,15-17,19-20H2,1-3H3/b11-7+/t22-,23+,24+/m1/s1. The van der Waals surface area contributed by atoms with Gasteiger partial charge in [-0.15, -0.1) is 5.10 Å². The maximum absolute atomic E-state index is 16.8. The molecule has 0 aliphatic carbocycles. The minimum atomic E-state index is -4.71. The van der Waals surface area contributed by atoms with Gasteiger partial charge in [0.2, 0.25) is 11.8 Å². The van der Waals surface area contributed by atoms with Gasteiger partial charge in [0, 0.05) is 42.8 Å². The maximum atomic E-state index is 16.8. The highest BCUT2D eigenvalue weighted by atomic mass is 19.4. The predicted octanol–water partition coefficient (Wildman–Crippen LogP) is 6.23. The highest BCUT2D eigenvalue weighted by molar-refractivity contribution is 6.06. The fraction of sp³-hybridized carbons (Fsp3) is 0.457. The predicted molar refractivity (Wildman–Crippen MR) is 174 cm³/mol. The molecule has 0 unspecified atom stereocenters. The number of pyridine rings is 1. The molecule has 2 aromatic heterocycles. The normalized spacial score (nSPS) is 20.4. The highest BCUT2D eigenvalue weighted by Crippen LogP contribution is 2.43. The summed E-state index contributed by atoms with van der Waals surface area (Å²) in [4.78, 5) is 21.4. The number of ether oxygens (including phenoxy) is 2. The largest absolute Gasteiger partial charge is 0.474 e. The van der Waals surface area contributed by atoms with E-state index in [1.165, 1.54) is 31.4 Å². The Morgan fingerprint density at radius 2 is 1.96 bits per heavy atom. The quantitative estimate of drug-likeness (QED) is 0.151. The van der Waals surface area contributed by atoms with Gasteiger partial charge in [-0.2, -0.15) is 18.4 Å². The minimum Gasteiger partial charge on any atom is -0.474 e. The molecule has 2 fully saturated rings. The number of nitrogens with zero attached hydrogens (tertiary/aromatic N) is 7. The first kappa shape index (κ1) is 34.3. The molecule has 6 rings (SSSR count). The second kappa shape index (κ2) is 14.1. The van der Waals surface area contributed by atoms with Gasteiger partial charge in [-0.05, 0) is 69.5 Å². The Balaban J connectivity index is 1.48. The van der Waals surface area contributed by atoms with E-state index >= 15 is 4.39 Å². The van der Waals surface area contributed by atoms with Gasteiger partial charge < -0.3 is 19.3 Å². The second-order valence-corrected chi connectivity index (χ2v) is 12.6. The molecule has 0 N–H and O–H groups in total. The third kappa shape index (κ3) is 6.69. The summed E-state index contributed by atoms with van der Waals surface area (Å²) in [5.41, 5.74) is -0.586. The van der Waals surface area contributed by atoms with E-state index in [1.54, 1.807) is 28.6 Å². The summed E-state index contributed by atoms with van der Waals surface area (Å²) in [5.74, 6) is -1.10. The average molecular weight is 680 g/mol. The summed E-state index contributed by atoms with van der Waals surface area (Å²) in [6.07, 6.45) is 1.19. The van der Waals surface area contributed by atoms with Crippen molar-refractivity contribution in [3.05, 3.63) is 59.4 Å². The molecule has 0 radical (unpaired) electrons. The summed E-state index contributed by atoms with van der Waals surface area (Å²) in [6, 6.07) is 8.05. The van der Waals surface area contributed by atoms with Gasteiger partial charge in [-0.1, -0.05) is 29.5 Å². The van der Waals surface area contributed by atoms with Crippen molar-refractivity contribution in [1.29, 1.82) is 5.26 Å². The van der Waals surface area contributed by atoms with Crippen LogP contribution in [-0.2, 0) is 15.7 Å². The number of likely N-dealkylation sites (N-methyl/N-ethyl adjacent to an activating group) is 1. The number of aryl methyl sites for hydroxylation is 1. The van der Waals surface area contributed by atoms with E-state index in [1.807, 2.05) is 7.05 Å². The van der Waals surface area contributed by atoms with E-state index in [4.69, 9.17) is 9.47 Å². The lowest BCUT2D eigenvalue weighted by Gasteiger charge is -2.38. The number of carbonyl (C=O) groups is 1. The number of nitriles is 1. The van der Waals surface area contributed by atoms with Crippen molar-refractivity contribution >= 4 is 27.8 Å². The fourth-order valence-corrected chi connectivity index (χ4v) is 7.08.